The molecule has 92 valence electrons. The molecule has 0 radical (unpaired) electrons. The molecule has 0 aromatic carbocycles. The molecule has 0 fully saturated rings. The van der Waals surface area contributed by atoms with Crippen LogP contribution in [0.3, 0.4) is 0 Å². The van der Waals surface area contributed by atoms with Gasteiger partial charge in [-0.1, -0.05) is 13.8 Å². The molecule has 0 rings (SSSR count). The Morgan fingerprint density at radius 1 is 1.07 bits per heavy atom. The van der Waals surface area contributed by atoms with E-state index in [0.29, 0.717) is 18.7 Å². The SMILES string of the molecule is CC(C)CSCC(C)NC(C)CCCO. The van der Waals surface area contributed by atoms with Crippen LogP contribution in [0.4, 0.5) is 0 Å². The van der Waals surface area contributed by atoms with E-state index >= 15 is 0 Å². The lowest BCUT2D eigenvalue weighted by Crippen LogP contribution is -2.36. The van der Waals surface area contributed by atoms with E-state index in [4.69, 9.17) is 5.11 Å². The van der Waals surface area contributed by atoms with Crippen molar-refractivity contribution in [2.75, 3.05) is 18.1 Å². The maximum atomic E-state index is 8.72. The Labute approximate surface area is 99.2 Å². The molecule has 0 aromatic heterocycles. The van der Waals surface area contributed by atoms with E-state index in [2.05, 4.69) is 33.0 Å². The van der Waals surface area contributed by atoms with Crippen molar-refractivity contribution in [3.05, 3.63) is 0 Å². The smallest absolute Gasteiger partial charge is 0.0431 e. The second-order valence-electron chi connectivity index (χ2n) is 4.77. The molecular formula is C12H27NOS. The summed E-state index contributed by atoms with van der Waals surface area (Å²) in [5.74, 6) is 3.22. The first-order valence-corrected chi connectivity index (χ1v) is 7.16. The average Bonchev–Trinajstić information content (AvgIpc) is 2.14. The predicted molar refractivity (Wildman–Crippen MR) is 70.5 cm³/mol. The lowest BCUT2D eigenvalue weighted by Gasteiger charge is -2.19. The van der Waals surface area contributed by atoms with E-state index in [1.54, 1.807) is 0 Å². The first-order valence-electron chi connectivity index (χ1n) is 6.01. The van der Waals surface area contributed by atoms with Gasteiger partial charge in [0.2, 0.25) is 0 Å². The van der Waals surface area contributed by atoms with Crippen molar-refractivity contribution in [1.82, 2.24) is 5.32 Å². The summed E-state index contributed by atoms with van der Waals surface area (Å²) in [6.45, 7) is 9.26. The summed E-state index contributed by atoms with van der Waals surface area (Å²) in [6, 6.07) is 1.09. The Balaban J connectivity index is 3.42. The average molecular weight is 233 g/mol. The topological polar surface area (TPSA) is 32.3 Å². The number of hydrogen-bond donors (Lipinski definition) is 2. The molecule has 2 N–H and O–H groups in total. The van der Waals surface area contributed by atoms with Gasteiger partial charge in [-0.05, 0) is 38.4 Å². The molecule has 2 unspecified atom stereocenters. The van der Waals surface area contributed by atoms with Gasteiger partial charge in [-0.15, -0.1) is 0 Å². The molecule has 3 heteroatoms. The molecule has 0 bridgehead atoms. The minimum Gasteiger partial charge on any atom is -0.396 e. The zero-order valence-electron chi connectivity index (χ0n) is 10.6. The van der Waals surface area contributed by atoms with E-state index in [0.717, 1.165) is 18.8 Å². The molecule has 0 saturated carbocycles. The third-order valence-electron chi connectivity index (χ3n) is 2.18. The second kappa shape index (κ2) is 9.49. The Morgan fingerprint density at radius 2 is 1.73 bits per heavy atom. The van der Waals surface area contributed by atoms with Crippen molar-refractivity contribution in [1.29, 1.82) is 0 Å². The summed E-state index contributed by atoms with van der Waals surface area (Å²) >= 11 is 2.02. The first-order chi connectivity index (χ1) is 7.06. The van der Waals surface area contributed by atoms with Crippen LogP contribution in [-0.2, 0) is 0 Å². The van der Waals surface area contributed by atoms with Gasteiger partial charge in [0.1, 0.15) is 0 Å². The minimum absolute atomic E-state index is 0.308. The van der Waals surface area contributed by atoms with Crippen molar-refractivity contribution in [3.63, 3.8) is 0 Å². The van der Waals surface area contributed by atoms with Crippen LogP contribution in [0, 0.1) is 5.92 Å². The zero-order valence-corrected chi connectivity index (χ0v) is 11.4. The van der Waals surface area contributed by atoms with Crippen molar-refractivity contribution in [2.24, 2.45) is 5.92 Å². The Kier molecular flexibility index (Phi) is 9.66. The third kappa shape index (κ3) is 10.6. The van der Waals surface area contributed by atoms with E-state index in [-0.39, 0.29) is 0 Å². The van der Waals surface area contributed by atoms with Crippen molar-refractivity contribution < 1.29 is 5.11 Å². The molecule has 0 heterocycles. The number of thioether (sulfide) groups is 1. The molecule has 2 atom stereocenters. The molecular weight excluding hydrogens is 206 g/mol. The number of rotatable bonds is 9. The standard InChI is InChI=1S/C12H27NOS/c1-10(2)8-15-9-12(4)13-11(3)6-5-7-14/h10-14H,5-9H2,1-4H3. The molecule has 0 aliphatic carbocycles. The number of nitrogens with one attached hydrogen (secondary N) is 1. The molecule has 0 saturated heterocycles. The van der Waals surface area contributed by atoms with Crippen molar-refractivity contribution >= 4 is 11.8 Å². The third-order valence-corrected chi connectivity index (χ3v) is 3.82. The monoisotopic (exact) mass is 233 g/mol. The van der Waals surface area contributed by atoms with Crippen molar-refractivity contribution in [2.45, 2.75) is 52.6 Å². The van der Waals surface area contributed by atoms with E-state index in [1.165, 1.54) is 11.5 Å². The highest BCUT2D eigenvalue weighted by Gasteiger charge is 2.07. The molecule has 15 heavy (non-hydrogen) atoms. The Bertz CT molecular complexity index is 142. The number of hydrogen-bond acceptors (Lipinski definition) is 3. The van der Waals surface area contributed by atoms with Gasteiger partial charge in [-0.3, -0.25) is 0 Å². The predicted octanol–water partition coefficient (Wildman–Crippen LogP) is 2.51. The van der Waals surface area contributed by atoms with Gasteiger partial charge in [-0.2, -0.15) is 11.8 Å². The summed E-state index contributed by atoms with van der Waals surface area (Å²) in [4.78, 5) is 0. The Hall–Kier alpha value is 0.270. The van der Waals surface area contributed by atoms with Crippen LogP contribution in [0.2, 0.25) is 0 Å². The molecule has 0 spiro atoms. The van der Waals surface area contributed by atoms with Gasteiger partial charge in [0, 0.05) is 24.4 Å². The highest BCUT2D eigenvalue weighted by Crippen LogP contribution is 2.09. The maximum Gasteiger partial charge on any atom is 0.0431 e. The molecule has 0 amide bonds. The van der Waals surface area contributed by atoms with Crippen LogP contribution in [0.25, 0.3) is 0 Å². The highest BCUT2D eigenvalue weighted by molar-refractivity contribution is 7.99. The van der Waals surface area contributed by atoms with Crippen LogP contribution in [-0.4, -0.2) is 35.3 Å². The van der Waals surface area contributed by atoms with Gasteiger partial charge >= 0.3 is 0 Å². The fourth-order valence-corrected chi connectivity index (χ4v) is 2.55. The zero-order chi connectivity index (χ0) is 11.7. The van der Waals surface area contributed by atoms with Crippen LogP contribution in [0.1, 0.15) is 40.5 Å². The summed E-state index contributed by atoms with van der Waals surface area (Å²) in [5.41, 5.74) is 0. The van der Waals surface area contributed by atoms with Gasteiger partial charge in [0.15, 0.2) is 0 Å². The molecule has 2 nitrogen and oxygen atoms in total. The van der Waals surface area contributed by atoms with Gasteiger partial charge in [-0.25, -0.2) is 0 Å². The minimum atomic E-state index is 0.308. The normalized spacial score (nSPS) is 15.6. The first kappa shape index (κ1) is 15.3. The lowest BCUT2D eigenvalue weighted by molar-refractivity contribution is 0.275. The van der Waals surface area contributed by atoms with Crippen LogP contribution in [0.5, 0.6) is 0 Å². The van der Waals surface area contributed by atoms with Crippen molar-refractivity contribution in [3.8, 4) is 0 Å². The van der Waals surface area contributed by atoms with Gasteiger partial charge < -0.3 is 10.4 Å². The maximum absolute atomic E-state index is 8.72. The fraction of sp³-hybridized carbons (Fsp3) is 1.00. The van der Waals surface area contributed by atoms with E-state index in [9.17, 15) is 0 Å². The van der Waals surface area contributed by atoms with E-state index < -0.39 is 0 Å². The highest BCUT2D eigenvalue weighted by atomic mass is 32.2. The summed E-state index contributed by atoms with van der Waals surface area (Å²) in [6.07, 6.45) is 1.97. The lowest BCUT2D eigenvalue weighted by atomic mass is 10.2. The molecule has 0 aromatic rings. The Morgan fingerprint density at radius 3 is 2.27 bits per heavy atom. The van der Waals surface area contributed by atoms with Gasteiger partial charge in [0.25, 0.3) is 0 Å². The summed E-state index contributed by atoms with van der Waals surface area (Å²) < 4.78 is 0. The summed E-state index contributed by atoms with van der Waals surface area (Å²) in [7, 11) is 0. The largest absolute Gasteiger partial charge is 0.396 e. The van der Waals surface area contributed by atoms with Crippen LogP contribution < -0.4 is 5.32 Å². The van der Waals surface area contributed by atoms with E-state index in [1.807, 2.05) is 11.8 Å². The second-order valence-corrected chi connectivity index (χ2v) is 5.84. The fourth-order valence-electron chi connectivity index (χ4n) is 1.50. The van der Waals surface area contributed by atoms with Gasteiger partial charge in [0.05, 0.1) is 0 Å². The number of aliphatic hydroxyl groups excluding tert-OH is 1. The summed E-state index contributed by atoms with van der Waals surface area (Å²) in [5, 5.41) is 12.3. The number of aliphatic hydroxyl groups is 1. The van der Waals surface area contributed by atoms with Crippen LogP contribution in [0.15, 0.2) is 0 Å². The quantitative estimate of drug-likeness (QED) is 0.642. The van der Waals surface area contributed by atoms with Crippen LogP contribution >= 0.6 is 11.8 Å². The molecule has 0 aliphatic rings. The molecule has 0 aliphatic heterocycles.